The Balaban J connectivity index is 1.78. The highest BCUT2D eigenvalue weighted by Gasteiger charge is 2.37. The zero-order chi connectivity index (χ0) is 29.0. The number of ether oxygens (including phenoxy) is 1. The van der Waals surface area contributed by atoms with Gasteiger partial charge < -0.3 is 8.92 Å². The van der Waals surface area contributed by atoms with Crippen molar-refractivity contribution >= 4 is 62.9 Å². The Labute approximate surface area is 240 Å². The molecule has 4 rings (SSSR count). The quantitative estimate of drug-likeness (QED) is 0.148. The van der Waals surface area contributed by atoms with Crippen LogP contribution >= 0.6 is 23.2 Å². The first-order valence-corrected chi connectivity index (χ1v) is 14.0. The number of benzene rings is 3. The van der Waals surface area contributed by atoms with Crippen molar-refractivity contribution < 1.29 is 31.7 Å². The number of nitrogens with one attached hydrogen (secondary N) is 1. The lowest BCUT2D eigenvalue weighted by Gasteiger charge is -2.26. The molecule has 0 atom stereocenters. The van der Waals surface area contributed by atoms with Gasteiger partial charge in [-0.15, -0.1) is 6.58 Å². The highest BCUT2D eigenvalue weighted by atomic mass is 35.5. The Morgan fingerprint density at radius 3 is 2.38 bits per heavy atom. The van der Waals surface area contributed by atoms with E-state index in [1.165, 1.54) is 60.7 Å². The predicted molar refractivity (Wildman–Crippen MR) is 151 cm³/mol. The van der Waals surface area contributed by atoms with Crippen molar-refractivity contribution in [3.63, 3.8) is 0 Å². The van der Waals surface area contributed by atoms with Crippen molar-refractivity contribution in [3.8, 4) is 11.5 Å². The SMILES string of the molecule is C=CCc1cc(/C=C2\C(=O)NC(=O)N(c3cccc(Cl)c3)C2=O)cc(OCC)c1OS(=O)(=O)c1ccc(Cl)cc1. The van der Waals surface area contributed by atoms with Crippen LogP contribution in [0.4, 0.5) is 10.5 Å². The molecule has 0 bridgehead atoms. The molecule has 3 aromatic carbocycles. The van der Waals surface area contributed by atoms with Gasteiger partial charge in [0.25, 0.3) is 11.8 Å². The van der Waals surface area contributed by atoms with Crippen LogP contribution in [0, 0.1) is 0 Å². The van der Waals surface area contributed by atoms with Crippen molar-refractivity contribution in [1.29, 1.82) is 0 Å². The summed E-state index contributed by atoms with van der Waals surface area (Å²) in [5.74, 6) is -1.79. The zero-order valence-corrected chi connectivity index (χ0v) is 23.3. The van der Waals surface area contributed by atoms with Crippen LogP contribution in [0.25, 0.3) is 6.08 Å². The van der Waals surface area contributed by atoms with E-state index in [-0.39, 0.29) is 40.7 Å². The van der Waals surface area contributed by atoms with Crippen LogP contribution in [0.15, 0.2) is 83.8 Å². The van der Waals surface area contributed by atoms with Gasteiger partial charge in [0.1, 0.15) is 10.5 Å². The largest absolute Gasteiger partial charge is 0.490 e. The van der Waals surface area contributed by atoms with Crippen molar-refractivity contribution in [2.45, 2.75) is 18.2 Å². The molecule has 12 heteroatoms. The molecule has 1 saturated heterocycles. The maximum Gasteiger partial charge on any atom is 0.339 e. The molecule has 4 amide bonds. The van der Waals surface area contributed by atoms with E-state index in [1.807, 2.05) is 0 Å². The third-order valence-corrected chi connectivity index (χ3v) is 7.32. The Hall–Kier alpha value is -4.12. The molecule has 1 fully saturated rings. The zero-order valence-electron chi connectivity index (χ0n) is 21.0. The van der Waals surface area contributed by atoms with E-state index in [2.05, 4.69) is 11.9 Å². The fourth-order valence-electron chi connectivity index (χ4n) is 3.86. The maximum atomic E-state index is 13.3. The minimum atomic E-state index is -4.28. The van der Waals surface area contributed by atoms with Gasteiger partial charge >= 0.3 is 16.1 Å². The first kappa shape index (κ1) is 28.9. The van der Waals surface area contributed by atoms with Gasteiger partial charge in [-0.2, -0.15) is 8.42 Å². The molecular weight excluding hydrogens is 579 g/mol. The predicted octanol–water partition coefficient (Wildman–Crippen LogP) is 5.55. The summed E-state index contributed by atoms with van der Waals surface area (Å²) in [6, 6.07) is 13.5. The average Bonchev–Trinajstić information content (AvgIpc) is 2.89. The van der Waals surface area contributed by atoms with E-state index in [0.717, 1.165) is 4.90 Å². The number of carbonyl (C=O) groups excluding carboxylic acids is 3. The highest BCUT2D eigenvalue weighted by Crippen LogP contribution is 2.37. The van der Waals surface area contributed by atoms with Crippen molar-refractivity contribution in [2.24, 2.45) is 0 Å². The maximum absolute atomic E-state index is 13.3. The Morgan fingerprint density at radius 1 is 1.00 bits per heavy atom. The summed E-state index contributed by atoms with van der Waals surface area (Å²) in [6.45, 7) is 5.57. The number of barbiturate groups is 1. The lowest BCUT2D eigenvalue weighted by atomic mass is 10.0. The number of hydrogen-bond donors (Lipinski definition) is 1. The molecular formula is C28H22Cl2N2O7S. The smallest absolute Gasteiger partial charge is 0.339 e. The number of rotatable bonds is 9. The van der Waals surface area contributed by atoms with Gasteiger partial charge in [-0.25, -0.2) is 9.69 Å². The van der Waals surface area contributed by atoms with Gasteiger partial charge in [0, 0.05) is 15.6 Å². The summed E-state index contributed by atoms with van der Waals surface area (Å²) in [4.78, 5) is 39.2. The number of amides is 4. The van der Waals surface area contributed by atoms with E-state index in [0.29, 0.717) is 21.2 Å². The van der Waals surface area contributed by atoms with Crippen LogP contribution in [0.3, 0.4) is 0 Å². The van der Waals surface area contributed by atoms with E-state index < -0.39 is 28.0 Å². The number of imide groups is 2. The molecule has 1 aliphatic heterocycles. The minimum absolute atomic E-state index is 0.0534. The van der Waals surface area contributed by atoms with E-state index in [4.69, 9.17) is 32.1 Å². The number of carbonyl (C=O) groups is 3. The number of allylic oxidation sites excluding steroid dienone is 1. The summed E-state index contributed by atoms with van der Waals surface area (Å²) < 4.78 is 37.3. The Morgan fingerprint density at radius 2 is 1.73 bits per heavy atom. The fourth-order valence-corrected chi connectivity index (χ4v) is 5.15. The molecule has 1 N–H and O–H groups in total. The second-order valence-corrected chi connectivity index (χ2v) is 10.8. The fraction of sp³-hybridized carbons (Fsp3) is 0.107. The minimum Gasteiger partial charge on any atom is -0.490 e. The van der Waals surface area contributed by atoms with Crippen LogP contribution in [-0.4, -0.2) is 32.9 Å². The molecule has 9 nitrogen and oxygen atoms in total. The van der Waals surface area contributed by atoms with Crippen LogP contribution in [0.2, 0.25) is 10.0 Å². The summed E-state index contributed by atoms with van der Waals surface area (Å²) in [5.41, 5.74) is 0.508. The van der Waals surface area contributed by atoms with Gasteiger partial charge in [0.2, 0.25) is 0 Å². The van der Waals surface area contributed by atoms with Crippen molar-refractivity contribution in [2.75, 3.05) is 11.5 Å². The van der Waals surface area contributed by atoms with E-state index in [9.17, 15) is 22.8 Å². The van der Waals surface area contributed by atoms with Gasteiger partial charge in [-0.1, -0.05) is 35.3 Å². The molecule has 0 aromatic heterocycles. The number of halogens is 2. The number of anilines is 1. The van der Waals surface area contributed by atoms with E-state index >= 15 is 0 Å². The number of hydrogen-bond acceptors (Lipinski definition) is 7. The van der Waals surface area contributed by atoms with Crippen molar-refractivity contribution in [1.82, 2.24) is 5.32 Å². The van der Waals surface area contributed by atoms with Crippen LogP contribution in [0.5, 0.6) is 11.5 Å². The third kappa shape index (κ3) is 6.20. The molecule has 40 heavy (non-hydrogen) atoms. The Bertz CT molecular complexity index is 1650. The van der Waals surface area contributed by atoms with Crippen LogP contribution in [0.1, 0.15) is 18.1 Å². The van der Waals surface area contributed by atoms with Gasteiger partial charge in [-0.3, -0.25) is 14.9 Å². The van der Waals surface area contributed by atoms with Gasteiger partial charge in [0.15, 0.2) is 11.5 Å². The first-order valence-electron chi connectivity index (χ1n) is 11.8. The van der Waals surface area contributed by atoms with Gasteiger partial charge in [0.05, 0.1) is 12.3 Å². The normalized spacial score (nSPS) is 14.7. The molecule has 206 valence electrons. The molecule has 1 aliphatic rings. The molecule has 0 saturated carbocycles. The second-order valence-electron chi connectivity index (χ2n) is 8.36. The topological polar surface area (TPSA) is 119 Å². The first-order chi connectivity index (χ1) is 19.0. The standard InChI is InChI=1S/C28H22Cl2N2O7S/c1-3-6-18-13-17(14-23-26(33)31-28(35)32(27(23)34)21-8-5-7-20(30)16-21)15-24(38-4-2)25(18)39-40(36,37)22-11-9-19(29)10-12-22/h3,5,7-16H,1,4,6H2,2H3,(H,31,33,35)/b23-14+. The summed E-state index contributed by atoms with van der Waals surface area (Å²) >= 11 is 11.9. The molecule has 0 radical (unpaired) electrons. The lowest BCUT2D eigenvalue weighted by molar-refractivity contribution is -0.122. The molecule has 1 heterocycles. The molecule has 0 aliphatic carbocycles. The average molecular weight is 601 g/mol. The third-order valence-electron chi connectivity index (χ3n) is 5.59. The summed E-state index contributed by atoms with van der Waals surface area (Å²) in [6.07, 6.45) is 2.96. The lowest BCUT2D eigenvalue weighted by Crippen LogP contribution is -2.54. The molecule has 0 unspecified atom stereocenters. The van der Waals surface area contributed by atoms with Crippen LogP contribution < -0.4 is 19.1 Å². The highest BCUT2D eigenvalue weighted by molar-refractivity contribution is 7.87. The molecule has 0 spiro atoms. The van der Waals surface area contributed by atoms with E-state index in [1.54, 1.807) is 19.1 Å². The monoisotopic (exact) mass is 600 g/mol. The number of urea groups is 1. The molecule has 3 aromatic rings. The number of nitrogens with zero attached hydrogens (tertiary/aromatic N) is 1. The Kier molecular flexibility index (Phi) is 8.63. The van der Waals surface area contributed by atoms with Crippen LogP contribution in [-0.2, 0) is 26.1 Å². The summed E-state index contributed by atoms with van der Waals surface area (Å²) in [5, 5.41) is 2.80. The summed E-state index contributed by atoms with van der Waals surface area (Å²) in [7, 11) is -4.28. The van der Waals surface area contributed by atoms with Gasteiger partial charge in [-0.05, 0) is 79.6 Å². The second kappa shape index (κ2) is 12.0. The van der Waals surface area contributed by atoms with Crippen molar-refractivity contribution in [3.05, 3.63) is 100 Å².